The lowest BCUT2D eigenvalue weighted by Crippen LogP contribution is -2.02. The molecular formula is C10H9N5O. The topological polar surface area (TPSA) is 89.8 Å². The molecule has 1 heterocycles. The molecule has 0 radical (unpaired) electrons. The zero-order valence-corrected chi connectivity index (χ0v) is 8.58. The SMILES string of the molecule is COc1ccc(-n2nnc(C#N)c2N)cc1. The van der Waals surface area contributed by atoms with E-state index >= 15 is 0 Å². The average molecular weight is 215 g/mol. The van der Waals surface area contributed by atoms with Crippen molar-refractivity contribution < 1.29 is 4.74 Å². The fourth-order valence-corrected chi connectivity index (χ4v) is 1.28. The van der Waals surface area contributed by atoms with Crippen molar-refractivity contribution in [3.05, 3.63) is 30.0 Å². The Kier molecular flexibility index (Phi) is 2.44. The van der Waals surface area contributed by atoms with Crippen LogP contribution in [0.5, 0.6) is 5.75 Å². The summed E-state index contributed by atoms with van der Waals surface area (Å²) in [6, 6.07) is 8.99. The van der Waals surface area contributed by atoms with E-state index in [0.717, 1.165) is 11.4 Å². The maximum Gasteiger partial charge on any atom is 0.206 e. The molecule has 2 rings (SSSR count). The number of aromatic nitrogens is 3. The van der Waals surface area contributed by atoms with Gasteiger partial charge >= 0.3 is 0 Å². The van der Waals surface area contributed by atoms with Gasteiger partial charge in [0.25, 0.3) is 0 Å². The van der Waals surface area contributed by atoms with E-state index in [1.807, 2.05) is 6.07 Å². The smallest absolute Gasteiger partial charge is 0.206 e. The third-order valence-electron chi connectivity index (χ3n) is 2.13. The largest absolute Gasteiger partial charge is 0.497 e. The second kappa shape index (κ2) is 3.90. The number of rotatable bonds is 2. The van der Waals surface area contributed by atoms with Crippen molar-refractivity contribution in [1.82, 2.24) is 15.0 Å². The highest BCUT2D eigenvalue weighted by molar-refractivity contribution is 5.49. The van der Waals surface area contributed by atoms with Crippen molar-refractivity contribution in [2.75, 3.05) is 12.8 Å². The molecule has 16 heavy (non-hydrogen) atoms. The number of anilines is 1. The summed E-state index contributed by atoms with van der Waals surface area (Å²) in [5.41, 5.74) is 6.55. The number of nitrogens with two attached hydrogens (primary N) is 1. The van der Waals surface area contributed by atoms with Crippen molar-refractivity contribution in [2.45, 2.75) is 0 Å². The first-order valence-corrected chi connectivity index (χ1v) is 4.52. The second-order valence-electron chi connectivity index (χ2n) is 3.04. The molecule has 0 aliphatic carbocycles. The zero-order valence-electron chi connectivity index (χ0n) is 8.58. The van der Waals surface area contributed by atoms with E-state index in [9.17, 15) is 0 Å². The molecule has 2 aromatic rings. The van der Waals surface area contributed by atoms with Crippen LogP contribution < -0.4 is 10.5 Å². The van der Waals surface area contributed by atoms with Crippen molar-refractivity contribution in [3.63, 3.8) is 0 Å². The van der Waals surface area contributed by atoms with Gasteiger partial charge in [0.05, 0.1) is 12.8 Å². The van der Waals surface area contributed by atoms with Gasteiger partial charge in [-0.1, -0.05) is 5.21 Å². The van der Waals surface area contributed by atoms with Gasteiger partial charge < -0.3 is 10.5 Å². The maximum atomic E-state index is 8.70. The van der Waals surface area contributed by atoms with E-state index in [0.29, 0.717) is 0 Å². The van der Waals surface area contributed by atoms with Gasteiger partial charge in [-0.25, -0.2) is 0 Å². The highest BCUT2D eigenvalue weighted by Crippen LogP contribution is 2.17. The van der Waals surface area contributed by atoms with Crippen molar-refractivity contribution in [2.24, 2.45) is 0 Å². The van der Waals surface area contributed by atoms with E-state index in [2.05, 4.69) is 10.3 Å². The van der Waals surface area contributed by atoms with Crippen molar-refractivity contribution in [3.8, 4) is 17.5 Å². The van der Waals surface area contributed by atoms with Crippen molar-refractivity contribution >= 4 is 5.82 Å². The van der Waals surface area contributed by atoms with Gasteiger partial charge in [-0.2, -0.15) is 9.94 Å². The summed E-state index contributed by atoms with van der Waals surface area (Å²) >= 11 is 0. The van der Waals surface area contributed by atoms with Gasteiger partial charge in [0, 0.05) is 0 Å². The Morgan fingerprint density at radius 3 is 2.56 bits per heavy atom. The van der Waals surface area contributed by atoms with Crippen LogP contribution in [0.1, 0.15) is 5.69 Å². The van der Waals surface area contributed by atoms with Crippen LogP contribution in [-0.4, -0.2) is 22.1 Å². The highest BCUT2D eigenvalue weighted by atomic mass is 16.5. The molecule has 0 bridgehead atoms. The first-order chi connectivity index (χ1) is 7.76. The maximum absolute atomic E-state index is 8.70. The molecule has 0 saturated carbocycles. The number of methoxy groups -OCH3 is 1. The van der Waals surface area contributed by atoms with Crippen LogP contribution in [0.2, 0.25) is 0 Å². The first-order valence-electron chi connectivity index (χ1n) is 4.52. The standard InChI is InChI=1S/C10H9N5O/c1-16-8-4-2-7(3-5-8)15-10(12)9(6-11)13-14-15/h2-5H,12H2,1H3. The Hall–Kier alpha value is -2.55. The van der Waals surface area contributed by atoms with Crippen LogP contribution in [0.4, 0.5) is 5.82 Å². The molecule has 0 aliphatic rings. The zero-order chi connectivity index (χ0) is 11.5. The number of nitrogens with zero attached hydrogens (tertiary/aromatic N) is 4. The van der Waals surface area contributed by atoms with E-state index < -0.39 is 0 Å². The van der Waals surface area contributed by atoms with Gasteiger partial charge in [-0.3, -0.25) is 0 Å². The first kappa shape index (κ1) is 9.98. The van der Waals surface area contributed by atoms with Crippen LogP contribution >= 0.6 is 0 Å². The van der Waals surface area contributed by atoms with Crippen LogP contribution in [0.25, 0.3) is 5.69 Å². The number of nitriles is 1. The summed E-state index contributed by atoms with van der Waals surface area (Å²) in [7, 11) is 1.59. The molecule has 80 valence electrons. The minimum absolute atomic E-state index is 0.121. The highest BCUT2D eigenvalue weighted by Gasteiger charge is 2.09. The minimum atomic E-state index is 0.121. The quantitative estimate of drug-likeness (QED) is 0.797. The average Bonchev–Trinajstić information content (AvgIpc) is 2.70. The predicted molar refractivity (Wildman–Crippen MR) is 57.0 cm³/mol. The summed E-state index contributed by atoms with van der Waals surface area (Å²) < 4.78 is 6.43. The molecule has 1 aromatic carbocycles. The molecule has 0 atom stereocenters. The summed E-state index contributed by atoms with van der Waals surface area (Å²) in [6.07, 6.45) is 0. The van der Waals surface area contributed by atoms with Gasteiger partial charge in [-0.05, 0) is 24.3 Å². The molecule has 2 N–H and O–H groups in total. The van der Waals surface area contributed by atoms with E-state index in [1.165, 1.54) is 4.68 Å². The number of nitrogen functional groups attached to an aromatic ring is 1. The molecule has 0 fully saturated rings. The summed E-state index contributed by atoms with van der Waals surface area (Å²) in [4.78, 5) is 0. The number of ether oxygens (including phenoxy) is 1. The molecule has 0 saturated heterocycles. The second-order valence-corrected chi connectivity index (χ2v) is 3.04. The van der Waals surface area contributed by atoms with Gasteiger partial charge in [0.1, 0.15) is 11.8 Å². The van der Waals surface area contributed by atoms with Gasteiger partial charge in [0.15, 0.2) is 5.82 Å². The fraction of sp³-hybridized carbons (Fsp3) is 0.100. The van der Waals surface area contributed by atoms with E-state index in [4.69, 9.17) is 15.7 Å². The van der Waals surface area contributed by atoms with Gasteiger partial charge in [-0.15, -0.1) is 5.10 Å². The number of benzene rings is 1. The normalized spacial score (nSPS) is 9.75. The Balaban J connectivity index is 2.43. The van der Waals surface area contributed by atoms with E-state index in [-0.39, 0.29) is 11.5 Å². The third kappa shape index (κ3) is 1.54. The van der Waals surface area contributed by atoms with Gasteiger partial charge in [0.2, 0.25) is 5.69 Å². The Labute approximate surface area is 91.9 Å². The lowest BCUT2D eigenvalue weighted by Gasteiger charge is -2.03. The minimum Gasteiger partial charge on any atom is -0.497 e. The lowest BCUT2D eigenvalue weighted by molar-refractivity contribution is 0.414. The molecule has 1 aromatic heterocycles. The molecule has 6 heteroatoms. The predicted octanol–water partition coefficient (Wildman–Crippen LogP) is 0.730. The molecule has 0 amide bonds. The summed E-state index contributed by atoms with van der Waals surface area (Å²) in [6.45, 7) is 0. The number of hydrogen-bond acceptors (Lipinski definition) is 5. The van der Waals surface area contributed by atoms with Crippen LogP contribution in [0.3, 0.4) is 0 Å². The van der Waals surface area contributed by atoms with E-state index in [1.54, 1.807) is 31.4 Å². The molecule has 6 nitrogen and oxygen atoms in total. The monoisotopic (exact) mass is 215 g/mol. The van der Waals surface area contributed by atoms with Crippen LogP contribution in [-0.2, 0) is 0 Å². The van der Waals surface area contributed by atoms with Crippen molar-refractivity contribution in [1.29, 1.82) is 5.26 Å². The summed E-state index contributed by atoms with van der Waals surface area (Å²) in [5, 5.41) is 16.1. The Morgan fingerprint density at radius 2 is 2.06 bits per heavy atom. The lowest BCUT2D eigenvalue weighted by atomic mass is 10.3. The Morgan fingerprint density at radius 1 is 1.38 bits per heavy atom. The third-order valence-corrected chi connectivity index (χ3v) is 2.13. The molecule has 0 unspecified atom stereocenters. The van der Waals surface area contributed by atoms with Crippen LogP contribution in [0.15, 0.2) is 24.3 Å². The van der Waals surface area contributed by atoms with Crippen LogP contribution in [0, 0.1) is 11.3 Å². The fourth-order valence-electron chi connectivity index (χ4n) is 1.28. The molecule has 0 aliphatic heterocycles. The Bertz CT molecular complexity index is 537. The summed E-state index contributed by atoms with van der Waals surface area (Å²) in [5.74, 6) is 0.968. The number of hydrogen-bond donors (Lipinski definition) is 1. The molecule has 0 spiro atoms. The molecular weight excluding hydrogens is 206 g/mol.